The van der Waals surface area contributed by atoms with Crippen molar-refractivity contribution in [2.24, 2.45) is 5.92 Å². The Morgan fingerprint density at radius 1 is 1.18 bits per heavy atom. The highest BCUT2D eigenvalue weighted by Crippen LogP contribution is 2.37. The lowest BCUT2D eigenvalue weighted by Gasteiger charge is -2.30. The van der Waals surface area contributed by atoms with E-state index in [4.69, 9.17) is 9.84 Å². The zero-order valence-electron chi connectivity index (χ0n) is 19.4. The number of aromatic nitrogens is 3. The minimum atomic E-state index is -0.918. The van der Waals surface area contributed by atoms with Crippen molar-refractivity contribution in [2.45, 2.75) is 45.6 Å². The molecule has 1 saturated heterocycles. The van der Waals surface area contributed by atoms with Crippen LogP contribution in [0.5, 0.6) is 5.75 Å². The van der Waals surface area contributed by atoms with E-state index >= 15 is 0 Å². The third-order valence-corrected chi connectivity index (χ3v) is 6.66. The number of nitrogens with one attached hydrogen (secondary N) is 2. The zero-order valence-corrected chi connectivity index (χ0v) is 19.4. The molecule has 0 atom stereocenters. The van der Waals surface area contributed by atoms with Crippen molar-refractivity contribution in [3.63, 3.8) is 0 Å². The molecule has 3 N–H and O–H groups in total. The molecule has 0 spiro atoms. The van der Waals surface area contributed by atoms with E-state index in [-0.39, 0.29) is 11.9 Å². The van der Waals surface area contributed by atoms with Gasteiger partial charge in [-0.15, -0.1) is 0 Å². The van der Waals surface area contributed by atoms with E-state index in [0.29, 0.717) is 66.4 Å². The first-order valence-electron chi connectivity index (χ1n) is 11.8. The van der Waals surface area contributed by atoms with Gasteiger partial charge in [-0.05, 0) is 57.6 Å². The molecule has 9 heteroatoms. The summed E-state index contributed by atoms with van der Waals surface area (Å²) in [6.45, 7) is 5.41. The van der Waals surface area contributed by atoms with Crippen LogP contribution in [0.2, 0.25) is 0 Å². The SMILES string of the molecule is Cc1ccc(OCC2CC2)c(-c2ncnc3c(C(=O)NC4CCN(C(=O)O)CC4)c(C)[nH]c23)c1. The van der Waals surface area contributed by atoms with Gasteiger partial charge in [-0.3, -0.25) is 4.79 Å². The van der Waals surface area contributed by atoms with Crippen LogP contribution in [-0.2, 0) is 0 Å². The Bertz CT molecular complexity index is 1240. The van der Waals surface area contributed by atoms with Crippen molar-refractivity contribution in [2.75, 3.05) is 19.7 Å². The first-order valence-corrected chi connectivity index (χ1v) is 11.8. The fraction of sp³-hybridized carbons (Fsp3) is 0.440. The number of carbonyl (C=O) groups excluding carboxylic acids is 1. The van der Waals surface area contributed by atoms with Gasteiger partial charge in [0.2, 0.25) is 0 Å². The van der Waals surface area contributed by atoms with Crippen LogP contribution in [0, 0.1) is 19.8 Å². The minimum Gasteiger partial charge on any atom is -0.493 e. The van der Waals surface area contributed by atoms with Gasteiger partial charge in [0.25, 0.3) is 5.91 Å². The van der Waals surface area contributed by atoms with Crippen LogP contribution in [-0.4, -0.2) is 62.7 Å². The van der Waals surface area contributed by atoms with Gasteiger partial charge in [0.05, 0.1) is 17.7 Å². The highest BCUT2D eigenvalue weighted by atomic mass is 16.5. The van der Waals surface area contributed by atoms with Gasteiger partial charge in [-0.1, -0.05) is 11.6 Å². The Hall–Kier alpha value is -3.62. The Kier molecular flexibility index (Phi) is 5.85. The zero-order chi connectivity index (χ0) is 23.8. The number of fused-ring (bicyclic) bond motifs is 1. The van der Waals surface area contributed by atoms with Gasteiger partial charge in [-0.2, -0.15) is 0 Å². The first kappa shape index (κ1) is 22.2. The monoisotopic (exact) mass is 463 g/mol. The van der Waals surface area contributed by atoms with Crippen LogP contribution >= 0.6 is 0 Å². The number of ether oxygens (including phenoxy) is 1. The van der Waals surface area contributed by atoms with E-state index in [1.54, 1.807) is 0 Å². The lowest BCUT2D eigenvalue weighted by molar-refractivity contribution is 0.0908. The second-order valence-electron chi connectivity index (χ2n) is 9.34. The van der Waals surface area contributed by atoms with Crippen LogP contribution in [0.1, 0.15) is 47.3 Å². The molecule has 178 valence electrons. The summed E-state index contributed by atoms with van der Waals surface area (Å²) in [5, 5.41) is 12.2. The Balaban J connectivity index is 1.43. The molecule has 2 fully saturated rings. The number of H-pyrrole nitrogens is 1. The average molecular weight is 464 g/mol. The molecule has 1 aliphatic heterocycles. The van der Waals surface area contributed by atoms with Gasteiger partial charge >= 0.3 is 6.09 Å². The number of likely N-dealkylation sites (tertiary alicyclic amines) is 1. The lowest BCUT2D eigenvalue weighted by Crippen LogP contribution is -2.46. The van der Waals surface area contributed by atoms with Crippen LogP contribution in [0.3, 0.4) is 0 Å². The molecule has 0 unspecified atom stereocenters. The summed E-state index contributed by atoms with van der Waals surface area (Å²) in [5.74, 6) is 1.20. The molecule has 0 bridgehead atoms. The normalized spacial score (nSPS) is 16.6. The average Bonchev–Trinajstić information content (AvgIpc) is 3.58. The Labute approximate surface area is 197 Å². The molecule has 3 heterocycles. The summed E-state index contributed by atoms with van der Waals surface area (Å²) in [6.07, 6.45) is 4.17. The smallest absolute Gasteiger partial charge is 0.407 e. The molecule has 2 aromatic heterocycles. The molecule has 9 nitrogen and oxygen atoms in total. The molecule has 1 aromatic carbocycles. The van der Waals surface area contributed by atoms with Crippen molar-refractivity contribution in [1.29, 1.82) is 0 Å². The summed E-state index contributed by atoms with van der Waals surface area (Å²) < 4.78 is 6.13. The number of carbonyl (C=O) groups is 2. The molecule has 2 aliphatic rings. The topological polar surface area (TPSA) is 120 Å². The van der Waals surface area contributed by atoms with Crippen LogP contribution in [0.15, 0.2) is 24.5 Å². The van der Waals surface area contributed by atoms with Crippen molar-refractivity contribution in [1.82, 2.24) is 25.2 Å². The molecule has 1 saturated carbocycles. The first-order chi connectivity index (χ1) is 16.4. The number of hydrogen-bond acceptors (Lipinski definition) is 5. The number of nitrogens with zero attached hydrogens (tertiary/aromatic N) is 3. The number of carboxylic acid groups (broad SMARTS) is 1. The Morgan fingerprint density at radius 2 is 1.94 bits per heavy atom. The van der Waals surface area contributed by atoms with Gasteiger partial charge in [0.15, 0.2) is 0 Å². The van der Waals surface area contributed by atoms with E-state index < -0.39 is 6.09 Å². The molecule has 3 aromatic rings. The van der Waals surface area contributed by atoms with Crippen molar-refractivity contribution >= 4 is 23.0 Å². The summed E-state index contributed by atoms with van der Waals surface area (Å²) in [5.41, 5.74) is 5.15. The molecule has 34 heavy (non-hydrogen) atoms. The van der Waals surface area contributed by atoms with Crippen LogP contribution in [0.4, 0.5) is 4.79 Å². The number of rotatable bonds is 6. The van der Waals surface area contributed by atoms with Gasteiger partial charge in [0, 0.05) is 30.4 Å². The van der Waals surface area contributed by atoms with E-state index in [0.717, 1.165) is 16.9 Å². The lowest BCUT2D eigenvalue weighted by atomic mass is 10.0. The third kappa shape index (κ3) is 4.42. The molecule has 1 aliphatic carbocycles. The van der Waals surface area contributed by atoms with Crippen LogP contribution in [0.25, 0.3) is 22.3 Å². The maximum Gasteiger partial charge on any atom is 0.407 e. The van der Waals surface area contributed by atoms with E-state index in [2.05, 4.69) is 26.3 Å². The van der Waals surface area contributed by atoms with Gasteiger partial charge in [0.1, 0.15) is 23.3 Å². The maximum atomic E-state index is 13.2. The van der Waals surface area contributed by atoms with E-state index in [1.165, 1.54) is 24.1 Å². The van der Waals surface area contributed by atoms with Gasteiger partial charge < -0.3 is 25.0 Å². The molecule has 2 amide bonds. The number of benzene rings is 1. The second kappa shape index (κ2) is 8.96. The molecular formula is C25H29N5O4. The van der Waals surface area contributed by atoms with Gasteiger partial charge in [-0.25, -0.2) is 14.8 Å². The number of piperidine rings is 1. The standard InChI is InChI=1S/C25H29N5O4/c1-14-3-6-19(34-12-16-4-5-16)18(11-14)21-23-22(27-13-26-21)20(15(2)28-23)24(31)29-17-7-9-30(10-8-17)25(32)33/h3,6,11,13,16-17,28H,4-5,7-10,12H2,1-2H3,(H,29,31)(H,32,33). The molecule has 5 rings (SSSR count). The predicted octanol–water partition coefficient (Wildman–Crippen LogP) is 3.90. The number of aromatic amines is 1. The Morgan fingerprint density at radius 3 is 2.65 bits per heavy atom. The van der Waals surface area contributed by atoms with E-state index in [1.807, 2.05) is 26.0 Å². The summed E-state index contributed by atoms with van der Waals surface area (Å²) in [6, 6.07) is 5.98. The third-order valence-electron chi connectivity index (χ3n) is 6.66. The second-order valence-corrected chi connectivity index (χ2v) is 9.34. The number of hydrogen-bond donors (Lipinski definition) is 3. The van der Waals surface area contributed by atoms with Crippen molar-refractivity contribution < 1.29 is 19.4 Å². The summed E-state index contributed by atoms with van der Waals surface area (Å²) in [7, 11) is 0. The maximum absolute atomic E-state index is 13.2. The molecular weight excluding hydrogens is 434 g/mol. The summed E-state index contributed by atoms with van der Waals surface area (Å²) in [4.78, 5) is 38.1. The minimum absolute atomic E-state index is 0.0760. The summed E-state index contributed by atoms with van der Waals surface area (Å²) >= 11 is 0. The van der Waals surface area contributed by atoms with E-state index in [9.17, 15) is 9.59 Å². The number of amides is 2. The highest BCUT2D eigenvalue weighted by molar-refractivity contribution is 6.09. The van der Waals surface area contributed by atoms with Crippen molar-refractivity contribution in [3.8, 4) is 17.0 Å². The fourth-order valence-corrected chi connectivity index (χ4v) is 4.52. The largest absolute Gasteiger partial charge is 0.493 e. The predicted molar refractivity (Wildman–Crippen MR) is 127 cm³/mol. The van der Waals surface area contributed by atoms with Crippen LogP contribution < -0.4 is 10.1 Å². The van der Waals surface area contributed by atoms with Crippen molar-refractivity contribution in [3.05, 3.63) is 41.3 Å². The number of aryl methyl sites for hydroxylation is 2. The quantitative estimate of drug-likeness (QED) is 0.510. The highest BCUT2D eigenvalue weighted by Gasteiger charge is 2.27. The molecule has 0 radical (unpaired) electrons. The fourth-order valence-electron chi connectivity index (χ4n) is 4.52.